The standard InChI is InChI=1S/C19H22Cl2N2O2/c1-13(12-24)25-16-6-7-18(17(21)10-16)23-9-8-22-11-19(23)14-2-4-15(20)5-3-14/h2-7,10,13,19,22,24H,8-9,11-12H2,1H3/t13-,19+/m1/s1. The zero-order valence-electron chi connectivity index (χ0n) is 14.1. The van der Waals surface area contributed by atoms with Crippen LogP contribution in [0.5, 0.6) is 5.75 Å². The Labute approximate surface area is 158 Å². The minimum atomic E-state index is -0.261. The summed E-state index contributed by atoms with van der Waals surface area (Å²) in [6, 6.07) is 13.8. The molecule has 2 aromatic carbocycles. The smallest absolute Gasteiger partial charge is 0.121 e. The van der Waals surface area contributed by atoms with Crippen LogP contribution in [0.1, 0.15) is 18.5 Å². The summed E-state index contributed by atoms with van der Waals surface area (Å²) in [7, 11) is 0. The molecule has 0 radical (unpaired) electrons. The van der Waals surface area contributed by atoms with E-state index in [0.717, 1.165) is 30.3 Å². The van der Waals surface area contributed by atoms with E-state index in [2.05, 4.69) is 22.3 Å². The predicted molar refractivity (Wildman–Crippen MR) is 103 cm³/mol. The Kier molecular flexibility index (Phi) is 6.07. The number of hydrogen-bond donors (Lipinski definition) is 2. The summed E-state index contributed by atoms with van der Waals surface area (Å²) in [4.78, 5) is 2.31. The van der Waals surface area contributed by atoms with Gasteiger partial charge in [-0.2, -0.15) is 0 Å². The summed E-state index contributed by atoms with van der Waals surface area (Å²) in [5, 5.41) is 13.9. The second-order valence-corrected chi connectivity index (χ2v) is 7.03. The summed E-state index contributed by atoms with van der Waals surface area (Å²) in [5.74, 6) is 0.661. The minimum absolute atomic E-state index is 0.0319. The molecule has 25 heavy (non-hydrogen) atoms. The predicted octanol–water partition coefficient (Wildman–Crippen LogP) is 3.90. The summed E-state index contributed by atoms with van der Waals surface area (Å²) < 4.78 is 5.63. The minimum Gasteiger partial charge on any atom is -0.488 e. The van der Waals surface area contributed by atoms with Crippen LogP contribution in [0.15, 0.2) is 42.5 Å². The summed E-state index contributed by atoms with van der Waals surface area (Å²) in [6.07, 6.45) is -0.261. The molecule has 0 aliphatic carbocycles. The third-order valence-corrected chi connectivity index (χ3v) is 4.88. The van der Waals surface area contributed by atoms with Crippen LogP contribution in [-0.2, 0) is 0 Å². The highest BCUT2D eigenvalue weighted by atomic mass is 35.5. The van der Waals surface area contributed by atoms with Crippen molar-refractivity contribution in [2.75, 3.05) is 31.1 Å². The lowest BCUT2D eigenvalue weighted by atomic mass is 10.0. The normalized spacial score (nSPS) is 18.9. The highest BCUT2D eigenvalue weighted by Crippen LogP contribution is 2.36. The number of aliphatic hydroxyl groups is 1. The van der Waals surface area contributed by atoms with E-state index in [1.54, 1.807) is 0 Å². The second kappa shape index (κ2) is 8.28. The van der Waals surface area contributed by atoms with Crippen molar-refractivity contribution in [1.82, 2.24) is 5.32 Å². The molecule has 1 heterocycles. The quantitative estimate of drug-likeness (QED) is 0.825. The highest BCUT2D eigenvalue weighted by molar-refractivity contribution is 6.33. The molecule has 0 spiro atoms. The largest absolute Gasteiger partial charge is 0.488 e. The van der Waals surface area contributed by atoms with Gasteiger partial charge in [0.1, 0.15) is 11.9 Å². The number of anilines is 1. The van der Waals surface area contributed by atoms with Crippen LogP contribution >= 0.6 is 23.2 Å². The molecule has 6 heteroatoms. The van der Waals surface area contributed by atoms with E-state index in [9.17, 15) is 0 Å². The molecule has 1 aliphatic heterocycles. The number of ether oxygens (including phenoxy) is 1. The first-order valence-corrected chi connectivity index (χ1v) is 9.14. The van der Waals surface area contributed by atoms with Crippen LogP contribution in [0, 0.1) is 0 Å². The van der Waals surface area contributed by atoms with Crippen LogP contribution in [0.25, 0.3) is 0 Å². The maximum atomic E-state index is 9.12. The average molecular weight is 381 g/mol. The van der Waals surface area contributed by atoms with Gasteiger partial charge in [0.2, 0.25) is 0 Å². The molecule has 2 N–H and O–H groups in total. The van der Waals surface area contributed by atoms with Crippen LogP contribution in [0.2, 0.25) is 10.0 Å². The molecule has 0 unspecified atom stereocenters. The maximum absolute atomic E-state index is 9.12. The highest BCUT2D eigenvalue weighted by Gasteiger charge is 2.25. The monoisotopic (exact) mass is 380 g/mol. The summed E-state index contributed by atoms with van der Waals surface area (Å²) >= 11 is 12.6. The van der Waals surface area contributed by atoms with Gasteiger partial charge in [-0.25, -0.2) is 0 Å². The summed E-state index contributed by atoms with van der Waals surface area (Å²) in [5.41, 5.74) is 2.18. The van der Waals surface area contributed by atoms with Gasteiger partial charge in [-0.3, -0.25) is 0 Å². The molecule has 1 saturated heterocycles. The number of halogens is 2. The number of hydrogen-bond acceptors (Lipinski definition) is 4. The molecule has 0 aromatic heterocycles. The van der Waals surface area contributed by atoms with Crippen LogP contribution in [0.4, 0.5) is 5.69 Å². The molecule has 0 bridgehead atoms. The first-order valence-electron chi connectivity index (χ1n) is 8.38. The second-order valence-electron chi connectivity index (χ2n) is 6.19. The van der Waals surface area contributed by atoms with Gasteiger partial charge >= 0.3 is 0 Å². The topological polar surface area (TPSA) is 44.7 Å². The number of nitrogens with one attached hydrogen (secondary N) is 1. The van der Waals surface area contributed by atoms with Crippen molar-refractivity contribution in [3.05, 3.63) is 58.1 Å². The van der Waals surface area contributed by atoms with Gasteiger partial charge in [0, 0.05) is 30.7 Å². The van der Waals surface area contributed by atoms with E-state index in [-0.39, 0.29) is 18.8 Å². The molecular formula is C19H22Cl2N2O2. The van der Waals surface area contributed by atoms with Crippen LogP contribution < -0.4 is 15.0 Å². The van der Waals surface area contributed by atoms with Crippen molar-refractivity contribution in [3.8, 4) is 5.75 Å². The van der Waals surface area contributed by atoms with E-state index in [1.165, 1.54) is 5.56 Å². The fraction of sp³-hybridized carbons (Fsp3) is 0.368. The third kappa shape index (κ3) is 4.39. The number of nitrogens with zero attached hydrogens (tertiary/aromatic N) is 1. The van der Waals surface area contributed by atoms with E-state index < -0.39 is 0 Å². The SMILES string of the molecule is C[C@H](CO)Oc1ccc(N2CCNC[C@H]2c2ccc(Cl)cc2)c(Cl)c1. The van der Waals surface area contributed by atoms with Gasteiger partial charge in [-0.15, -0.1) is 0 Å². The van der Waals surface area contributed by atoms with Gasteiger partial charge in [0.15, 0.2) is 0 Å². The number of rotatable bonds is 5. The molecule has 4 nitrogen and oxygen atoms in total. The molecule has 2 aromatic rings. The average Bonchev–Trinajstić information content (AvgIpc) is 2.62. The van der Waals surface area contributed by atoms with Crippen LogP contribution in [0.3, 0.4) is 0 Å². The molecule has 1 fully saturated rings. The van der Waals surface area contributed by atoms with Gasteiger partial charge < -0.3 is 20.1 Å². The molecular weight excluding hydrogens is 359 g/mol. The Hall–Kier alpha value is -1.46. The van der Waals surface area contributed by atoms with E-state index >= 15 is 0 Å². The Morgan fingerprint density at radius 2 is 2.00 bits per heavy atom. The van der Waals surface area contributed by atoms with Crippen molar-refractivity contribution in [3.63, 3.8) is 0 Å². The fourth-order valence-electron chi connectivity index (χ4n) is 3.04. The van der Waals surface area contributed by atoms with Crippen molar-refractivity contribution in [2.24, 2.45) is 0 Å². The molecule has 0 saturated carbocycles. The third-order valence-electron chi connectivity index (χ3n) is 4.32. The van der Waals surface area contributed by atoms with E-state index in [4.69, 9.17) is 33.0 Å². The molecule has 1 aliphatic rings. The molecule has 0 amide bonds. The van der Waals surface area contributed by atoms with Gasteiger partial charge in [0.25, 0.3) is 0 Å². The van der Waals surface area contributed by atoms with Crippen molar-refractivity contribution in [2.45, 2.75) is 19.1 Å². The summed E-state index contributed by atoms with van der Waals surface area (Å²) in [6.45, 7) is 4.39. The Morgan fingerprint density at radius 1 is 1.24 bits per heavy atom. The Bertz CT molecular complexity index is 709. The van der Waals surface area contributed by atoms with Crippen molar-refractivity contribution >= 4 is 28.9 Å². The fourth-order valence-corrected chi connectivity index (χ4v) is 3.44. The first kappa shape index (κ1) is 18.3. The van der Waals surface area contributed by atoms with Crippen molar-refractivity contribution < 1.29 is 9.84 Å². The first-order chi connectivity index (χ1) is 12.1. The maximum Gasteiger partial charge on any atom is 0.121 e. The van der Waals surface area contributed by atoms with Gasteiger partial charge in [-0.05, 0) is 36.8 Å². The zero-order valence-corrected chi connectivity index (χ0v) is 15.6. The number of aliphatic hydroxyl groups excluding tert-OH is 1. The lowest BCUT2D eigenvalue weighted by molar-refractivity contribution is 0.130. The van der Waals surface area contributed by atoms with Crippen molar-refractivity contribution in [1.29, 1.82) is 0 Å². The van der Waals surface area contributed by atoms with Crippen LogP contribution in [-0.4, -0.2) is 37.5 Å². The number of piperazine rings is 1. The Balaban J connectivity index is 1.86. The van der Waals surface area contributed by atoms with E-state index in [1.807, 2.05) is 37.3 Å². The Morgan fingerprint density at radius 3 is 2.68 bits per heavy atom. The molecule has 3 rings (SSSR count). The lowest BCUT2D eigenvalue weighted by Crippen LogP contribution is -2.46. The number of benzene rings is 2. The molecule has 2 atom stereocenters. The van der Waals surface area contributed by atoms with Gasteiger partial charge in [-0.1, -0.05) is 35.3 Å². The lowest BCUT2D eigenvalue weighted by Gasteiger charge is -2.39. The zero-order chi connectivity index (χ0) is 17.8. The van der Waals surface area contributed by atoms with Gasteiger partial charge in [0.05, 0.1) is 23.4 Å². The molecule has 134 valence electrons. The van der Waals surface area contributed by atoms with E-state index in [0.29, 0.717) is 10.8 Å².